The smallest absolute Gasteiger partial charge is 0.119 e. The van der Waals surface area contributed by atoms with Gasteiger partial charge in [0.1, 0.15) is 18.5 Å². The molecule has 1 N–H and O–H groups in total. The highest BCUT2D eigenvalue weighted by molar-refractivity contribution is 5.21. The van der Waals surface area contributed by atoms with Crippen molar-refractivity contribution in [2.75, 3.05) is 20.2 Å². The first-order valence-corrected chi connectivity index (χ1v) is 7.13. The van der Waals surface area contributed by atoms with E-state index in [1.54, 1.807) is 12.4 Å². The van der Waals surface area contributed by atoms with Gasteiger partial charge in [0.05, 0.1) is 0 Å². The number of rotatable bonds is 7. The third-order valence-corrected chi connectivity index (χ3v) is 3.53. The summed E-state index contributed by atoms with van der Waals surface area (Å²) in [5.74, 6) is 0.779. The van der Waals surface area contributed by atoms with E-state index in [2.05, 4.69) is 16.8 Å². The van der Waals surface area contributed by atoms with E-state index in [1.807, 2.05) is 49.5 Å². The second-order valence-corrected chi connectivity index (χ2v) is 5.17. The minimum Gasteiger partial charge on any atom is -0.491 e. The van der Waals surface area contributed by atoms with E-state index in [4.69, 9.17) is 4.74 Å². The van der Waals surface area contributed by atoms with Crippen LogP contribution in [0.25, 0.3) is 0 Å². The average Bonchev–Trinajstić information content (AvgIpc) is 2.54. The van der Waals surface area contributed by atoms with Crippen LogP contribution in [0.3, 0.4) is 0 Å². The number of aliphatic hydroxyl groups is 1. The highest BCUT2D eigenvalue weighted by atomic mass is 16.5. The van der Waals surface area contributed by atoms with Crippen molar-refractivity contribution >= 4 is 0 Å². The third kappa shape index (κ3) is 4.85. The van der Waals surface area contributed by atoms with Crippen molar-refractivity contribution in [2.24, 2.45) is 0 Å². The number of para-hydroxylation sites is 1. The summed E-state index contributed by atoms with van der Waals surface area (Å²) in [4.78, 5) is 6.13. The molecule has 2 rings (SSSR count). The molecule has 1 aromatic heterocycles. The first kappa shape index (κ1) is 15.5. The molecule has 4 nitrogen and oxygen atoms in total. The highest BCUT2D eigenvalue weighted by Crippen LogP contribution is 2.17. The van der Waals surface area contributed by atoms with Gasteiger partial charge in [0.15, 0.2) is 0 Å². The SMILES string of the molecule is CC(c1ccncc1)N(C)CC(O)COc1ccccc1. The van der Waals surface area contributed by atoms with Gasteiger partial charge in [-0.25, -0.2) is 0 Å². The lowest BCUT2D eigenvalue weighted by atomic mass is 10.1. The number of aromatic nitrogens is 1. The van der Waals surface area contributed by atoms with Gasteiger partial charge in [0.2, 0.25) is 0 Å². The molecule has 0 fully saturated rings. The van der Waals surface area contributed by atoms with Crippen molar-refractivity contribution in [1.29, 1.82) is 0 Å². The standard InChI is InChI=1S/C17H22N2O2/c1-14(15-8-10-18-11-9-15)19(2)12-16(20)13-21-17-6-4-3-5-7-17/h3-11,14,16,20H,12-13H2,1-2H3. The zero-order valence-corrected chi connectivity index (χ0v) is 12.5. The lowest BCUT2D eigenvalue weighted by Crippen LogP contribution is -2.34. The van der Waals surface area contributed by atoms with Crippen LogP contribution in [-0.4, -0.2) is 41.3 Å². The number of hydrogen-bond acceptors (Lipinski definition) is 4. The van der Waals surface area contributed by atoms with Crippen LogP contribution in [0.15, 0.2) is 54.9 Å². The lowest BCUT2D eigenvalue weighted by molar-refractivity contribution is 0.0654. The van der Waals surface area contributed by atoms with Crippen molar-refractivity contribution in [2.45, 2.75) is 19.1 Å². The van der Waals surface area contributed by atoms with E-state index in [-0.39, 0.29) is 12.6 Å². The quantitative estimate of drug-likeness (QED) is 0.849. The summed E-state index contributed by atoms with van der Waals surface area (Å²) in [6.07, 6.45) is 3.04. The fourth-order valence-corrected chi connectivity index (χ4v) is 2.15. The first-order chi connectivity index (χ1) is 10.2. The summed E-state index contributed by atoms with van der Waals surface area (Å²) in [5.41, 5.74) is 1.18. The van der Waals surface area contributed by atoms with Crippen LogP contribution >= 0.6 is 0 Å². The molecule has 0 spiro atoms. The van der Waals surface area contributed by atoms with Crippen molar-refractivity contribution < 1.29 is 9.84 Å². The molecule has 1 aromatic carbocycles. The van der Waals surface area contributed by atoms with E-state index in [9.17, 15) is 5.11 Å². The van der Waals surface area contributed by atoms with Crippen molar-refractivity contribution in [3.05, 3.63) is 60.4 Å². The van der Waals surface area contributed by atoms with Crippen molar-refractivity contribution in [3.63, 3.8) is 0 Å². The Hall–Kier alpha value is -1.91. The molecule has 0 bridgehead atoms. The maximum atomic E-state index is 10.1. The summed E-state index contributed by atoms with van der Waals surface area (Å²) in [7, 11) is 2.00. The number of likely N-dealkylation sites (N-methyl/N-ethyl adjacent to an activating group) is 1. The average molecular weight is 286 g/mol. The number of aliphatic hydroxyl groups excluding tert-OH is 1. The molecule has 2 atom stereocenters. The topological polar surface area (TPSA) is 45.6 Å². The van der Waals surface area contributed by atoms with Crippen LogP contribution in [0.2, 0.25) is 0 Å². The van der Waals surface area contributed by atoms with Gasteiger partial charge in [-0.15, -0.1) is 0 Å². The fourth-order valence-electron chi connectivity index (χ4n) is 2.15. The molecule has 0 amide bonds. The maximum absolute atomic E-state index is 10.1. The molecule has 2 aromatic rings. The predicted octanol–water partition coefficient (Wildman–Crippen LogP) is 2.51. The molecule has 4 heteroatoms. The van der Waals surface area contributed by atoms with E-state index in [0.29, 0.717) is 6.54 Å². The molecule has 0 aliphatic heterocycles. The highest BCUT2D eigenvalue weighted by Gasteiger charge is 2.15. The largest absolute Gasteiger partial charge is 0.491 e. The molecule has 0 saturated heterocycles. The molecule has 0 aliphatic carbocycles. The van der Waals surface area contributed by atoms with Crippen LogP contribution in [0, 0.1) is 0 Å². The Morgan fingerprint density at radius 1 is 1.14 bits per heavy atom. The number of benzene rings is 1. The summed E-state index contributed by atoms with van der Waals surface area (Å²) in [5, 5.41) is 10.1. The van der Waals surface area contributed by atoms with Crippen LogP contribution in [0.4, 0.5) is 0 Å². The summed E-state index contributed by atoms with van der Waals surface area (Å²) < 4.78 is 5.57. The Bertz CT molecular complexity index is 519. The van der Waals surface area contributed by atoms with Gasteiger partial charge < -0.3 is 9.84 Å². The van der Waals surface area contributed by atoms with Gasteiger partial charge in [0, 0.05) is 25.0 Å². The van der Waals surface area contributed by atoms with E-state index in [0.717, 1.165) is 5.75 Å². The number of ether oxygens (including phenoxy) is 1. The Morgan fingerprint density at radius 2 is 1.81 bits per heavy atom. The van der Waals surface area contributed by atoms with Crippen LogP contribution in [0.5, 0.6) is 5.75 Å². The van der Waals surface area contributed by atoms with Crippen LogP contribution in [0.1, 0.15) is 18.5 Å². The van der Waals surface area contributed by atoms with Gasteiger partial charge in [-0.3, -0.25) is 9.88 Å². The monoisotopic (exact) mass is 286 g/mol. The minimum atomic E-state index is -0.528. The molecule has 2 unspecified atom stereocenters. The molecule has 112 valence electrons. The van der Waals surface area contributed by atoms with Crippen LogP contribution < -0.4 is 4.74 Å². The van der Waals surface area contributed by atoms with Crippen LogP contribution in [-0.2, 0) is 0 Å². The zero-order valence-electron chi connectivity index (χ0n) is 12.5. The summed E-state index contributed by atoms with van der Waals surface area (Å²) in [6.45, 7) is 2.95. The lowest BCUT2D eigenvalue weighted by Gasteiger charge is -2.27. The van der Waals surface area contributed by atoms with E-state index >= 15 is 0 Å². The van der Waals surface area contributed by atoms with Crippen molar-refractivity contribution in [3.8, 4) is 5.75 Å². The molecule has 0 aliphatic rings. The Morgan fingerprint density at radius 3 is 2.48 bits per heavy atom. The fraction of sp³-hybridized carbons (Fsp3) is 0.353. The zero-order chi connectivity index (χ0) is 15.1. The Kier molecular flexibility index (Phi) is 5.72. The number of pyridine rings is 1. The van der Waals surface area contributed by atoms with Gasteiger partial charge >= 0.3 is 0 Å². The van der Waals surface area contributed by atoms with Gasteiger partial charge in [0.25, 0.3) is 0 Å². The molecule has 0 radical (unpaired) electrons. The van der Waals surface area contributed by atoms with Crippen molar-refractivity contribution in [1.82, 2.24) is 9.88 Å². The van der Waals surface area contributed by atoms with Gasteiger partial charge in [-0.05, 0) is 43.8 Å². The molecule has 21 heavy (non-hydrogen) atoms. The summed E-state index contributed by atoms with van der Waals surface area (Å²) >= 11 is 0. The van der Waals surface area contributed by atoms with E-state index in [1.165, 1.54) is 5.56 Å². The second kappa shape index (κ2) is 7.76. The van der Waals surface area contributed by atoms with Gasteiger partial charge in [-0.1, -0.05) is 18.2 Å². The second-order valence-electron chi connectivity index (χ2n) is 5.17. The predicted molar refractivity (Wildman–Crippen MR) is 83.2 cm³/mol. The third-order valence-electron chi connectivity index (χ3n) is 3.53. The number of hydrogen-bond donors (Lipinski definition) is 1. The molecule has 1 heterocycles. The van der Waals surface area contributed by atoms with Gasteiger partial charge in [-0.2, -0.15) is 0 Å². The molecular weight excluding hydrogens is 264 g/mol. The van der Waals surface area contributed by atoms with E-state index < -0.39 is 6.10 Å². The Labute approximate surface area is 126 Å². The summed E-state index contributed by atoms with van der Waals surface area (Å²) in [6, 6.07) is 13.7. The molecule has 0 saturated carbocycles. The first-order valence-electron chi connectivity index (χ1n) is 7.13. The number of nitrogens with zero attached hydrogens (tertiary/aromatic N) is 2. The normalized spacial score (nSPS) is 13.9. The maximum Gasteiger partial charge on any atom is 0.119 e. The minimum absolute atomic E-state index is 0.222. The Balaban J connectivity index is 1.80. The molecular formula is C17H22N2O2.